The molecule has 0 aliphatic heterocycles. The highest BCUT2D eigenvalue weighted by Gasteiger charge is 2.12. The number of rotatable bonds is 6. The number of carbonyl (C=O) groups excluding carboxylic acids is 1. The van der Waals surface area contributed by atoms with Gasteiger partial charge >= 0.3 is 0 Å². The summed E-state index contributed by atoms with van der Waals surface area (Å²) in [5.41, 5.74) is 5.92. The molecule has 0 aromatic carbocycles. The van der Waals surface area contributed by atoms with Gasteiger partial charge in [-0.2, -0.15) is 0 Å². The van der Waals surface area contributed by atoms with Crippen LogP contribution in [0.4, 0.5) is 0 Å². The van der Waals surface area contributed by atoms with Gasteiger partial charge in [0.15, 0.2) is 0 Å². The lowest BCUT2D eigenvalue weighted by atomic mass is 10.1. The summed E-state index contributed by atoms with van der Waals surface area (Å²) < 4.78 is 0. The average Bonchev–Trinajstić information content (AvgIpc) is 2.35. The van der Waals surface area contributed by atoms with Crippen LogP contribution in [0.2, 0.25) is 0 Å². The first-order valence-electron chi connectivity index (χ1n) is 5.54. The van der Waals surface area contributed by atoms with Gasteiger partial charge in [0.1, 0.15) is 5.69 Å². The maximum atomic E-state index is 11.7. The van der Waals surface area contributed by atoms with Gasteiger partial charge in [0, 0.05) is 25.0 Å². The second kappa shape index (κ2) is 11.2. The third-order valence-electron chi connectivity index (χ3n) is 2.32. The Morgan fingerprint density at radius 3 is 2.67 bits per heavy atom. The molecule has 1 rings (SSSR count). The van der Waals surface area contributed by atoms with Crippen LogP contribution in [0.1, 0.15) is 36.7 Å². The van der Waals surface area contributed by atoms with Gasteiger partial charge in [-0.1, -0.05) is 19.8 Å². The van der Waals surface area contributed by atoms with E-state index < -0.39 is 0 Å². The number of hydrogen-bond acceptors (Lipinski definition) is 4. The van der Waals surface area contributed by atoms with Crippen LogP contribution >= 0.6 is 24.8 Å². The Labute approximate surface area is 120 Å². The molecule has 0 fully saturated rings. The molecule has 7 heteroatoms. The molecule has 5 nitrogen and oxygen atoms in total. The maximum absolute atomic E-state index is 11.7. The molecule has 0 spiro atoms. The van der Waals surface area contributed by atoms with Crippen molar-refractivity contribution in [1.82, 2.24) is 15.3 Å². The SMILES string of the molecule is CCCCC(CN)NC(=O)c1cnccn1.Cl.Cl. The van der Waals surface area contributed by atoms with E-state index in [4.69, 9.17) is 5.73 Å². The molecule has 1 heterocycles. The molecule has 0 aliphatic carbocycles. The Kier molecular flexibility index (Phi) is 12.1. The quantitative estimate of drug-likeness (QED) is 0.834. The minimum atomic E-state index is -0.209. The largest absolute Gasteiger partial charge is 0.347 e. The Balaban J connectivity index is 0. The molecule has 0 saturated heterocycles. The van der Waals surface area contributed by atoms with Gasteiger partial charge in [0.05, 0.1) is 6.20 Å². The molecule has 0 bridgehead atoms. The predicted octanol–water partition coefficient (Wildman–Crippen LogP) is 1.57. The van der Waals surface area contributed by atoms with Gasteiger partial charge in [0.25, 0.3) is 5.91 Å². The van der Waals surface area contributed by atoms with E-state index in [1.807, 2.05) is 0 Å². The second-order valence-corrected chi connectivity index (χ2v) is 3.64. The minimum Gasteiger partial charge on any atom is -0.347 e. The van der Waals surface area contributed by atoms with Crippen LogP contribution < -0.4 is 11.1 Å². The Hall–Kier alpha value is -0.910. The fourth-order valence-corrected chi connectivity index (χ4v) is 1.38. The van der Waals surface area contributed by atoms with Gasteiger partial charge < -0.3 is 11.1 Å². The third-order valence-corrected chi connectivity index (χ3v) is 2.32. The molecule has 0 radical (unpaired) electrons. The summed E-state index contributed by atoms with van der Waals surface area (Å²) >= 11 is 0. The van der Waals surface area contributed by atoms with Crippen molar-refractivity contribution < 1.29 is 4.79 Å². The highest BCUT2D eigenvalue weighted by Crippen LogP contribution is 2.00. The average molecular weight is 295 g/mol. The van der Waals surface area contributed by atoms with Crippen LogP contribution in [-0.2, 0) is 0 Å². The van der Waals surface area contributed by atoms with E-state index in [1.165, 1.54) is 18.6 Å². The van der Waals surface area contributed by atoms with Crippen LogP contribution in [0.5, 0.6) is 0 Å². The van der Waals surface area contributed by atoms with Crippen molar-refractivity contribution in [3.05, 3.63) is 24.3 Å². The first-order chi connectivity index (χ1) is 7.77. The summed E-state index contributed by atoms with van der Waals surface area (Å²) in [4.78, 5) is 19.5. The zero-order valence-corrected chi connectivity index (χ0v) is 12.0. The molecule has 3 N–H and O–H groups in total. The Morgan fingerprint density at radius 2 is 2.17 bits per heavy atom. The first kappa shape index (κ1) is 19.4. The number of nitrogens with two attached hydrogens (primary N) is 1. The first-order valence-corrected chi connectivity index (χ1v) is 5.54. The smallest absolute Gasteiger partial charge is 0.271 e. The number of halogens is 2. The Morgan fingerprint density at radius 1 is 1.44 bits per heavy atom. The number of hydrogen-bond donors (Lipinski definition) is 2. The van der Waals surface area contributed by atoms with Crippen molar-refractivity contribution in [2.75, 3.05) is 6.54 Å². The lowest BCUT2D eigenvalue weighted by Gasteiger charge is -2.15. The number of nitrogens with one attached hydrogen (secondary N) is 1. The van der Waals surface area contributed by atoms with Crippen molar-refractivity contribution in [2.24, 2.45) is 5.73 Å². The predicted molar refractivity (Wildman–Crippen MR) is 76.4 cm³/mol. The van der Waals surface area contributed by atoms with E-state index in [9.17, 15) is 4.79 Å². The van der Waals surface area contributed by atoms with Gasteiger partial charge in [0.2, 0.25) is 0 Å². The maximum Gasteiger partial charge on any atom is 0.271 e. The molecule has 1 amide bonds. The summed E-state index contributed by atoms with van der Waals surface area (Å²) in [6, 6.07) is 0.0226. The lowest BCUT2D eigenvalue weighted by Crippen LogP contribution is -2.40. The summed E-state index contributed by atoms with van der Waals surface area (Å²) in [7, 11) is 0. The van der Waals surface area contributed by atoms with E-state index in [0.29, 0.717) is 12.2 Å². The monoisotopic (exact) mass is 294 g/mol. The molecule has 1 atom stereocenters. The number of nitrogens with zero attached hydrogens (tertiary/aromatic N) is 2. The van der Waals surface area contributed by atoms with Gasteiger partial charge in [-0.25, -0.2) is 4.98 Å². The third kappa shape index (κ3) is 6.74. The molecule has 104 valence electrons. The van der Waals surface area contributed by atoms with Crippen molar-refractivity contribution >= 4 is 30.7 Å². The lowest BCUT2D eigenvalue weighted by molar-refractivity contribution is 0.0930. The summed E-state index contributed by atoms with van der Waals surface area (Å²) in [6.07, 6.45) is 7.54. The minimum absolute atomic E-state index is 0. The fourth-order valence-electron chi connectivity index (χ4n) is 1.38. The summed E-state index contributed by atoms with van der Waals surface area (Å²) in [6.45, 7) is 2.56. The topological polar surface area (TPSA) is 80.9 Å². The van der Waals surface area contributed by atoms with Crippen molar-refractivity contribution in [2.45, 2.75) is 32.2 Å². The standard InChI is InChI=1S/C11H18N4O.2ClH/c1-2-3-4-9(7-12)15-11(16)10-8-13-5-6-14-10;;/h5-6,8-9H,2-4,7,12H2,1H3,(H,15,16);2*1H. The zero-order chi connectivity index (χ0) is 11.8. The normalized spacial score (nSPS) is 10.8. The van der Waals surface area contributed by atoms with Gasteiger partial charge in [-0.05, 0) is 6.42 Å². The van der Waals surface area contributed by atoms with Crippen LogP contribution in [-0.4, -0.2) is 28.5 Å². The molecule has 18 heavy (non-hydrogen) atoms. The van der Waals surface area contributed by atoms with Gasteiger partial charge in [-0.15, -0.1) is 24.8 Å². The Bertz CT molecular complexity index is 324. The van der Waals surface area contributed by atoms with E-state index >= 15 is 0 Å². The summed E-state index contributed by atoms with van der Waals surface area (Å²) in [5, 5.41) is 2.85. The molecule has 0 aliphatic rings. The number of aromatic nitrogens is 2. The van der Waals surface area contributed by atoms with E-state index in [1.54, 1.807) is 0 Å². The molecule has 1 aromatic heterocycles. The van der Waals surface area contributed by atoms with Crippen LogP contribution in [0.3, 0.4) is 0 Å². The van der Waals surface area contributed by atoms with Crippen LogP contribution in [0, 0.1) is 0 Å². The van der Waals surface area contributed by atoms with Crippen LogP contribution in [0.25, 0.3) is 0 Å². The number of carbonyl (C=O) groups is 1. The molecule has 1 aromatic rings. The highest BCUT2D eigenvalue weighted by molar-refractivity contribution is 5.92. The zero-order valence-electron chi connectivity index (χ0n) is 10.3. The molecular weight excluding hydrogens is 275 g/mol. The molecule has 1 unspecified atom stereocenters. The van der Waals surface area contributed by atoms with Gasteiger partial charge in [-0.3, -0.25) is 9.78 Å². The van der Waals surface area contributed by atoms with E-state index in [0.717, 1.165) is 19.3 Å². The van der Waals surface area contributed by atoms with E-state index in [-0.39, 0.29) is 36.8 Å². The number of amides is 1. The fraction of sp³-hybridized carbons (Fsp3) is 0.545. The van der Waals surface area contributed by atoms with Crippen molar-refractivity contribution in [3.63, 3.8) is 0 Å². The van der Waals surface area contributed by atoms with Crippen molar-refractivity contribution in [1.29, 1.82) is 0 Å². The summed E-state index contributed by atoms with van der Waals surface area (Å²) in [5.74, 6) is -0.209. The second-order valence-electron chi connectivity index (χ2n) is 3.64. The highest BCUT2D eigenvalue weighted by atomic mass is 35.5. The van der Waals surface area contributed by atoms with Crippen LogP contribution in [0.15, 0.2) is 18.6 Å². The molecule has 0 saturated carbocycles. The number of unbranched alkanes of at least 4 members (excludes halogenated alkanes) is 1. The molecular formula is C11H20Cl2N4O. The van der Waals surface area contributed by atoms with E-state index in [2.05, 4.69) is 22.2 Å². The van der Waals surface area contributed by atoms with Crippen molar-refractivity contribution in [3.8, 4) is 0 Å².